The van der Waals surface area contributed by atoms with Gasteiger partial charge in [0.15, 0.2) is 5.96 Å². The predicted molar refractivity (Wildman–Crippen MR) is 138 cm³/mol. The molecule has 1 fully saturated rings. The highest BCUT2D eigenvalue weighted by Crippen LogP contribution is 2.44. The molecule has 2 aliphatic heterocycles. The molecule has 35 heavy (non-hydrogen) atoms. The maximum atomic E-state index is 13.5. The molecular weight excluding hydrogens is 438 g/mol. The highest BCUT2D eigenvalue weighted by atomic mass is 16.2. The van der Waals surface area contributed by atoms with E-state index in [-0.39, 0.29) is 23.7 Å². The normalized spacial score (nSPS) is 24.6. The van der Waals surface area contributed by atoms with Crippen molar-refractivity contribution in [1.29, 1.82) is 0 Å². The molecule has 0 bridgehead atoms. The molecule has 0 spiro atoms. The van der Waals surface area contributed by atoms with Crippen molar-refractivity contribution in [1.82, 2.24) is 4.90 Å². The number of anilines is 2. The Balaban J connectivity index is 1.47. The lowest BCUT2D eigenvalue weighted by Crippen LogP contribution is -2.52. The molecule has 2 amide bonds. The van der Waals surface area contributed by atoms with Gasteiger partial charge in [0.25, 0.3) is 0 Å². The Bertz CT molecular complexity index is 1300. The number of likely N-dealkylation sites (N-methyl/N-ethyl adjacent to an activating group) is 1. The van der Waals surface area contributed by atoms with Gasteiger partial charge in [-0.3, -0.25) is 14.5 Å². The minimum absolute atomic E-state index is 0.0991. The number of hydrogen-bond donors (Lipinski definition) is 2. The average Bonchev–Trinajstić information content (AvgIpc) is 3.25. The maximum absolute atomic E-state index is 13.5. The fraction of sp³-hybridized carbons (Fsp3) is 0.250. The molecule has 2 aliphatic rings. The summed E-state index contributed by atoms with van der Waals surface area (Å²) in [7, 11) is 1.63. The van der Waals surface area contributed by atoms with Crippen LogP contribution >= 0.6 is 0 Å². The first kappa shape index (κ1) is 22.7. The van der Waals surface area contributed by atoms with E-state index in [4.69, 9.17) is 16.5 Å². The summed E-state index contributed by atoms with van der Waals surface area (Å²) in [6, 6.07) is 25.2. The number of nitrogen functional groups attached to an aromatic ring is 1. The molecule has 178 valence electrons. The molecule has 7 heteroatoms. The molecule has 3 aromatic rings. The molecule has 5 rings (SSSR count). The number of carbonyl (C=O) groups excluding carboxylic acids is 2. The van der Waals surface area contributed by atoms with Crippen molar-refractivity contribution in [2.45, 2.75) is 30.7 Å². The van der Waals surface area contributed by atoms with E-state index < -0.39 is 11.5 Å². The predicted octanol–water partition coefficient (Wildman–Crippen LogP) is 3.58. The average molecular weight is 468 g/mol. The molecule has 2 heterocycles. The van der Waals surface area contributed by atoms with Crippen LogP contribution in [0.1, 0.15) is 41.9 Å². The monoisotopic (exact) mass is 467 g/mol. The van der Waals surface area contributed by atoms with Crippen molar-refractivity contribution < 1.29 is 9.59 Å². The molecule has 3 atom stereocenters. The van der Waals surface area contributed by atoms with Crippen molar-refractivity contribution >= 4 is 29.1 Å². The van der Waals surface area contributed by atoms with Crippen LogP contribution in [0.2, 0.25) is 0 Å². The van der Waals surface area contributed by atoms with Gasteiger partial charge in [-0.2, -0.15) is 0 Å². The largest absolute Gasteiger partial charge is 0.399 e. The topological polar surface area (TPSA) is 105 Å². The first-order valence-electron chi connectivity index (χ1n) is 11.7. The Morgan fingerprint density at radius 3 is 2.31 bits per heavy atom. The minimum atomic E-state index is -0.924. The van der Waals surface area contributed by atoms with Gasteiger partial charge >= 0.3 is 0 Å². The number of nitrogens with zero attached hydrogens (tertiary/aromatic N) is 3. The number of amides is 2. The summed E-state index contributed by atoms with van der Waals surface area (Å²) in [4.78, 5) is 34.3. The van der Waals surface area contributed by atoms with Crippen LogP contribution in [0.15, 0.2) is 83.9 Å². The van der Waals surface area contributed by atoms with Crippen molar-refractivity contribution in [3.8, 4) is 0 Å². The van der Waals surface area contributed by atoms with Crippen LogP contribution < -0.4 is 16.4 Å². The second-order valence-electron chi connectivity index (χ2n) is 9.48. The number of carbonyl (C=O) groups is 2. The van der Waals surface area contributed by atoms with Crippen LogP contribution in [0.4, 0.5) is 11.4 Å². The van der Waals surface area contributed by atoms with Crippen molar-refractivity contribution in [3.63, 3.8) is 0 Å². The molecule has 1 saturated heterocycles. The number of aliphatic imine (C=N–C) groups is 1. The number of hydrogen-bond acceptors (Lipinski definition) is 5. The smallest absolute Gasteiger partial charge is 0.239 e. The quantitative estimate of drug-likeness (QED) is 0.572. The molecular formula is C28H29N5O2. The van der Waals surface area contributed by atoms with Gasteiger partial charge in [0.1, 0.15) is 5.54 Å². The number of guanidine groups is 1. The zero-order chi connectivity index (χ0) is 24.7. The maximum Gasteiger partial charge on any atom is 0.239 e. The third-order valence-corrected chi connectivity index (χ3v) is 7.24. The lowest BCUT2D eigenvalue weighted by Gasteiger charge is -2.41. The summed E-state index contributed by atoms with van der Waals surface area (Å²) in [6.45, 7) is 2.54. The standard InChI is InChI=1S/C28H29N5O2/c1-28(21-9-6-10-22(29)16-21)25(26(35)32(2)27(30)31-28)19-11-13-23(14-12-19)33-17-20(15-24(33)34)18-7-4-3-5-8-18/h3-14,16,20,25H,15,17,29H2,1-2H3,(H2,30,31)/t20?,25?,28-/m1/s1. The molecule has 4 N–H and O–H groups in total. The van der Waals surface area contributed by atoms with Crippen LogP contribution in [0.3, 0.4) is 0 Å². The van der Waals surface area contributed by atoms with Crippen LogP contribution in [-0.4, -0.2) is 36.3 Å². The number of nitrogens with two attached hydrogens (primary N) is 2. The van der Waals surface area contributed by atoms with Gasteiger partial charge in [-0.1, -0.05) is 54.6 Å². The van der Waals surface area contributed by atoms with Gasteiger partial charge in [-0.15, -0.1) is 0 Å². The van der Waals surface area contributed by atoms with Crippen molar-refractivity contribution in [2.24, 2.45) is 10.7 Å². The molecule has 0 saturated carbocycles. The number of benzene rings is 3. The van der Waals surface area contributed by atoms with E-state index in [2.05, 4.69) is 12.1 Å². The lowest BCUT2D eigenvalue weighted by atomic mass is 9.74. The summed E-state index contributed by atoms with van der Waals surface area (Å²) in [5.41, 5.74) is 15.5. The van der Waals surface area contributed by atoms with Gasteiger partial charge in [0.05, 0.1) is 5.92 Å². The molecule has 0 aliphatic carbocycles. The van der Waals surface area contributed by atoms with Crippen molar-refractivity contribution in [3.05, 3.63) is 95.6 Å². The number of rotatable bonds is 4. The van der Waals surface area contributed by atoms with E-state index in [1.54, 1.807) is 13.1 Å². The van der Waals surface area contributed by atoms with E-state index in [9.17, 15) is 9.59 Å². The van der Waals surface area contributed by atoms with Crippen LogP contribution in [0.5, 0.6) is 0 Å². The van der Waals surface area contributed by atoms with E-state index in [1.807, 2.05) is 72.5 Å². The summed E-state index contributed by atoms with van der Waals surface area (Å²) < 4.78 is 0. The van der Waals surface area contributed by atoms with Gasteiger partial charge in [0, 0.05) is 37.3 Å². The summed E-state index contributed by atoms with van der Waals surface area (Å²) in [5, 5.41) is 0. The zero-order valence-corrected chi connectivity index (χ0v) is 19.9. The molecule has 0 aromatic heterocycles. The third kappa shape index (κ3) is 3.93. The summed E-state index contributed by atoms with van der Waals surface area (Å²) >= 11 is 0. The Morgan fingerprint density at radius 2 is 1.63 bits per heavy atom. The van der Waals surface area contributed by atoms with Gasteiger partial charge in [0.2, 0.25) is 11.8 Å². The first-order chi connectivity index (χ1) is 16.8. The molecule has 2 unspecified atom stereocenters. The molecule has 3 aromatic carbocycles. The third-order valence-electron chi connectivity index (χ3n) is 7.24. The minimum Gasteiger partial charge on any atom is -0.399 e. The SMILES string of the molecule is CN1C(=O)C(c2ccc(N3CC(c4ccccc4)CC3=O)cc2)[C@@](C)(c2cccc(N)c2)N=C1N. The van der Waals surface area contributed by atoms with E-state index in [0.717, 1.165) is 16.8 Å². The van der Waals surface area contributed by atoms with Gasteiger partial charge in [-0.25, -0.2) is 4.99 Å². The Hall–Kier alpha value is -4.13. The second-order valence-corrected chi connectivity index (χ2v) is 9.48. The first-order valence-corrected chi connectivity index (χ1v) is 11.7. The highest BCUT2D eigenvalue weighted by Gasteiger charge is 2.47. The molecule has 7 nitrogen and oxygen atoms in total. The van der Waals surface area contributed by atoms with Crippen LogP contribution in [0, 0.1) is 0 Å². The Morgan fingerprint density at radius 1 is 0.914 bits per heavy atom. The van der Waals surface area contributed by atoms with Crippen molar-refractivity contribution in [2.75, 3.05) is 24.2 Å². The fourth-order valence-corrected chi connectivity index (χ4v) is 5.23. The van der Waals surface area contributed by atoms with Gasteiger partial charge < -0.3 is 16.4 Å². The van der Waals surface area contributed by atoms with E-state index >= 15 is 0 Å². The van der Waals surface area contributed by atoms with Crippen LogP contribution in [0.25, 0.3) is 0 Å². The Labute approximate surface area is 205 Å². The fourth-order valence-electron chi connectivity index (χ4n) is 5.23. The second kappa shape index (κ2) is 8.58. The van der Waals surface area contributed by atoms with Crippen LogP contribution in [-0.2, 0) is 15.1 Å². The van der Waals surface area contributed by atoms with E-state index in [1.165, 1.54) is 10.5 Å². The summed E-state index contributed by atoms with van der Waals surface area (Å²) in [6.07, 6.45) is 0.485. The Kier molecular flexibility index (Phi) is 5.55. The highest BCUT2D eigenvalue weighted by molar-refractivity contribution is 6.02. The van der Waals surface area contributed by atoms with E-state index in [0.29, 0.717) is 18.7 Å². The molecule has 0 radical (unpaired) electrons. The van der Waals surface area contributed by atoms with Gasteiger partial charge in [-0.05, 0) is 47.9 Å². The summed E-state index contributed by atoms with van der Waals surface area (Å²) in [5.74, 6) is -0.302. The lowest BCUT2D eigenvalue weighted by molar-refractivity contribution is -0.130. The zero-order valence-electron chi connectivity index (χ0n) is 19.9.